The number of nitro benzene ring substituents is 1. The van der Waals surface area contributed by atoms with Crippen LogP contribution in [-0.4, -0.2) is 26.8 Å². The van der Waals surface area contributed by atoms with E-state index in [2.05, 4.69) is 15.6 Å². The number of nitrogens with one attached hydrogen (secondary N) is 1. The number of benzene rings is 1. The van der Waals surface area contributed by atoms with Crippen LogP contribution in [0.1, 0.15) is 16.1 Å². The molecule has 1 N–H and O–H groups in total. The molecule has 108 valence electrons. The van der Waals surface area contributed by atoms with Crippen molar-refractivity contribution in [2.45, 2.75) is 0 Å². The molecule has 1 amide bonds. The first-order chi connectivity index (χ1) is 9.97. The van der Waals surface area contributed by atoms with Gasteiger partial charge in [-0.15, -0.1) is 0 Å². The van der Waals surface area contributed by atoms with Gasteiger partial charge in [0.1, 0.15) is 0 Å². The Hall–Kier alpha value is -2.30. The number of hydrogen-bond donors (Lipinski definition) is 1. The van der Waals surface area contributed by atoms with Crippen LogP contribution in [0.5, 0.6) is 0 Å². The first-order valence-corrected chi connectivity index (χ1v) is 6.82. The summed E-state index contributed by atoms with van der Waals surface area (Å²) in [5.74, 6) is -0.418. The summed E-state index contributed by atoms with van der Waals surface area (Å²) in [6.07, 6.45) is 3.12. The van der Waals surface area contributed by atoms with Gasteiger partial charge in [-0.05, 0) is 40.3 Å². The molecule has 8 nitrogen and oxygen atoms in total. The lowest BCUT2D eigenvalue weighted by atomic mass is 10.2. The Bertz CT molecular complexity index is 708. The maximum atomic E-state index is 11.8. The predicted molar refractivity (Wildman–Crippen MR) is 84.1 cm³/mol. The predicted octanol–water partition coefficient (Wildman–Crippen LogP) is 1.70. The molecule has 1 aromatic heterocycles. The molecule has 0 atom stereocenters. The lowest BCUT2D eigenvalue weighted by Crippen LogP contribution is -2.19. The molecule has 0 fully saturated rings. The van der Waals surface area contributed by atoms with Crippen molar-refractivity contribution >= 4 is 40.4 Å². The van der Waals surface area contributed by atoms with Crippen LogP contribution < -0.4 is 5.43 Å². The summed E-state index contributed by atoms with van der Waals surface area (Å²) < 4.78 is 2.26. The van der Waals surface area contributed by atoms with E-state index in [4.69, 9.17) is 0 Å². The second-order valence-electron chi connectivity index (χ2n) is 4.05. The summed E-state index contributed by atoms with van der Waals surface area (Å²) in [6.45, 7) is 0. The van der Waals surface area contributed by atoms with Crippen LogP contribution in [0.3, 0.4) is 0 Å². The number of hydrogen-bond acceptors (Lipinski definition) is 5. The van der Waals surface area contributed by atoms with Crippen molar-refractivity contribution in [2.75, 3.05) is 0 Å². The third-order valence-corrected chi connectivity index (χ3v) is 3.27. The first kappa shape index (κ1) is 15.1. The largest absolute Gasteiger partial charge is 0.292 e. The number of hydrazone groups is 1. The second kappa shape index (κ2) is 6.43. The molecule has 0 unspecified atom stereocenters. The molecule has 1 aromatic carbocycles. The van der Waals surface area contributed by atoms with E-state index >= 15 is 0 Å². The smallest absolute Gasteiger partial charge is 0.274 e. The van der Waals surface area contributed by atoms with Gasteiger partial charge in [-0.2, -0.15) is 10.2 Å². The molecule has 0 aliphatic carbocycles. The zero-order valence-electron chi connectivity index (χ0n) is 10.9. The van der Waals surface area contributed by atoms with Gasteiger partial charge in [0, 0.05) is 25.4 Å². The van der Waals surface area contributed by atoms with Crippen LogP contribution in [0.2, 0.25) is 0 Å². The number of carbonyl (C=O) groups is 1. The number of non-ortho nitro benzene ring substituents is 1. The lowest BCUT2D eigenvalue weighted by Gasteiger charge is -1.97. The Balaban J connectivity index is 2.00. The third-order valence-electron chi connectivity index (χ3n) is 2.48. The van der Waals surface area contributed by atoms with Crippen molar-refractivity contribution in [2.24, 2.45) is 12.1 Å². The molecule has 0 aliphatic heterocycles. The monoisotopic (exact) mass is 399 g/mol. The van der Waals surface area contributed by atoms with Gasteiger partial charge in [-0.1, -0.05) is 0 Å². The average Bonchev–Trinajstić information content (AvgIpc) is 2.78. The molecule has 9 heteroatoms. The number of nitrogens with zero attached hydrogens (tertiary/aromatic N) is 4. The van der Waals surface area contributed by atoms with E-state index in [1.165, 1.54) is 35.2 Å². The van der Waals surface area contributed by atoms with Gasteiger partial charge in [0.15, 0.2) is 5.69 Å². The molecule has 0 spiro atoms. The highest BCUT2D eigenvalue weighted by atomic mass is 127. The minimum atomic E-state index is -0.480. The topological polar surface area (TPSA) is 102 Å². The molecule has 0 saturated heterocycles. The Labute approximate surface area is 133 Å². The quantitative estimate of drug-likeness (QED) is 0.366. The van der Waals surface area contributed by atoms with Crippen LogP contribution in [-0.2, 0) is 7.05 Å². The lowest BCUT2D eigenvalue weighted by molar-refractivity contribution is -0.384. The fourth-order valence-electron chi connectivity index (χ4n) is 1.51. The maximum Gasteiger partial charge on any atom is 0.292 e. The molecule has 0 radical (unpaired) electrons. The van der Waals surface area contributed by atoms with Crippen LogP contribution in [0.15, 0.2) is 35.6 Å². The van der Waals surface area contributed by atoms with E-state index in [0.717, 1.165) is 3.57 Å². The van der Waals surface area contributed by atoms with E-state index < -0.39 is 10.8 Å². The normalized spacial score (nSPS) is 10.8. The minimum Gasteiger partial charge on any atom is -0.274 e. The van der Waals surface area contributed by atoms with Crippen molar-refractivity contribution < 1.29 is 9.72 Å². The standard InChI is InChI=1S/C12H10IN5O3/c1-17-7-10(13)11(16-17)12(19)15-14-6-8-2-4-9(5-3-8)18(20)21/h2-7H,1H3,(H,15,19)/b14-6-. The number of rotatable bonds is 4. The molecule has 0 bridgehead atoms. The highest BCUT2D eigenvalue weighted by molar-refractivity contribution is 14.1. The summed E-state index contributed by atoms with van der Waals surface area (Å²) in [5, 5.41) is 18.3. The van der Waals surface area contributed by atoms with Crippen LogP contribution in [0, 0.1) is 13.7 Å². The highest BCUT2D eigenvalue weighted by Crippen LogP contribution is 2.11. The van der Waals surface area contributed by atoms with Gasteiger partial charge >= 0.3 is 0 Å². The van der Waals surface area contributed by atoms with E-state index in [1.54, 1.807) is 13.2 Å². The fourth-order valence-corrected chi connectivity index (χ4v) is 2.27. The van der Waals surface area contributed by atoms with E-state index in [9.17, 15) is 14.9 Å². The minimum absolute atomic E-state index is 0.000718. The summed E-state index contributed by atoms with van der Waals surface area (Å²) in [7, 11) is 1.72. The van der Waals surface area contributed by atoms with E-state index in [1.807, 2.05) is 22.6 Å². The van der Waals surface area contributed by atoms with Crippen molar-refractivity contribution in [3.05, 3.63) is 55.4 Å². The third kappa shape index (κ3) is 3.84. The summed E-state index contributed by atoms with van der Waals surface area (Å²) >= 11 is 2.01. The average molecular weight is 399 g/mol. The van der Waals surface area contributed by atoms with Gasteiger partial charge in [0.05, 0.1) is 14.7 Å². The van der Waals surface area contributed by atoms with Gasteiger partial charge in [0.2, 0.25) is 0 Å². The van der Waals surface area contributed by atoms with E-state index in [-0.39, 0.29) is 5.69 Å². The molecule has 2 rings (SSSR count). The molecule has 21 heavy (non-hydrogen) atoms. The SMILES string of the molecule is Cn1cc(I)c(C(=O)N/N=C\c2ccc([N+](=O)[O-])cc2)n1. The number of nitro groups is 1. The molecule has 1 heterocycles. The Morgan fingerprint density at radius 3 is 2.67 bits per heavy atom. The molecular formula is C12H10IN5O3. The van der Waals surface area contributed by atoms with Gasteiger partial charge < -0.3 is 0 Å². The van der Waals surface area contributed by atoms with Gasteiger partial charge in [-0.25, -0.2) is 5.43 Å². The molecule has 0 saturated carbocycles. The van der Waals surface area contributed by atoms with E-state index in [0.29, 0.717) is 11.3 Å². The Morgan fingerprint density at radius 1 is 1.48 bits per heavy atom. The van der Waals surface area contributed by atoms with Crippen LogP contribution >= 0.6 is 22.6 Å². The van der Waals surface area contributed by atoms with Crippen molar-refractivity contribution in [3.63, 3.8) is 0 Å². The maximum absolute atomic E-state index is 11.8. The van der Waals surface area contributed by atoms with Gasteiger partial charge in [0.25, 0.3) is 11.6 Å². The zero-order chi connectivity index (χ0) is 15.4. The first-order valence-electron chi connectivity index (χ1n) is 5.74. The number of halogens is 1. The fraction of sp³-hybridized carbons (Fsp3) is 0.0833. The summed E-state index contributed by atoms with van der Waals surface area (Å²) in [5.41, 5.74) is 3.28. The van der Waals surface area contributed by atoms with Crippen molar-refractivity contribution in [3.8, 4) is 0 Å². The number of aromatic nitrogens is 2. The Kier molecular flexibility index (Phi) is 4.62. The summed E-state index contributed by atoms with van der Waals surface area (Å²) in [6, 6.07) is 5.81. The molecule has 2 aromatic rings. The number of aryl methyl sites for hydroxylation is 1. The Morgan fingerprint density at radius 2 is 2.14 bits per heavy atom. The summed E-state index contributed by atoms with van der Waals surface area (Å²) in [4.78, 5) is 21.8. The number of carbonyl (C=O) groups excluding carboxylic acids is 1. The zero-order valence-corrected chi connectivity index (χ0v) is 13.0. The van der Waals surface area contributed by atoms with Crippen molar-refractivity contribution in [1.29, 1.82) is 0 Å². The second-order valence-corrected chi connectivity index (χ2v) is 5.21. The van der Waals surface area contributed by atoms with Crippen LogP contribution in [0.4, 0.5) is 5.69 Å². The van der Waals surface area contributed by atoms with Crippen molar-refractivity contribution in [1.82, 2.24) is 15.2 Å². The highest BCUT2D eigenvalue weighted by Gasteiger charge is 2.13. The van der Waals surface area contributed by atoms with Gasteiger partial charge in [-0.3, -0.25) is 19.6 Å². The molecular weight excluding hydrogens is 389 g/mol. The molecule has 0 aliphatic rings. The van der Waals surface area contributed by atoms with Crippen LogP contribution in [0.25, 0.3) is 0 Å². The number of amides is 1.